The van der Waals surface area contributed by atoms with Crippen molar-refractivity contribution in [2.75, 3.05) is 26.0 Å². The number of carbonyl (C=O) groups excluding carboxylic acids is 1. The maximum absolute atomic E-state index is 11.5. The Morgan fingerprint density at radius 3 is 2.47 bits per heavy atom. The molecule has 0 bridgehead atoms. The molecule has 0 aliphatic heterocycles. The lowest BCUT2D eigenvalue weighted by Crippen LogP contribution is -2.38. The first-order valence-electron chi connectivity index (χ1n) is 6.16. The molecule has 0 saturated heterocycles. The lowest BCUT2D eigenvalue weighted by atomic mass is 10.4. The molecule has 17 heavy (non-hydrogen) atoms. The second-order valence-corrected chi connectivity index (χ2v) is 6.12. The van der Waals surface area contributed by atoms with Gasteiger partial charge in [-0.2, -0.15) is 16.8 Å². The van der Waals surface area contributed by atoms with E-state index in [1.807, 2.05) is 16.8 Å². The Morgan fingerprint density at radius 1 is 1.35 bits per heavy atom. The van der Waals surface area contributed by atoms with Crippen LogP contribution in [-0.2, 0) is 9.63 Å². The van der Waals surface area contributed by atoms with Crippen molar-refractivity contribution < 1.29 is 9.63 Å². The fourth-order valence-electron chi connectivity index (χ4n) is 1.34. The van der Waals surface area contributed by atoms with E-state index in [9.17, 15) is 4.79 Å². The van der Waals surface area contributed by atoms with Gasteiger partial charge in [-0.3, -0.25) is 4.79 Å². The van der Waals surface area contributed by atoms with Crippen molar-refractivity contribution in [2.24, 2.45) is 0 Å². The van der Waals surface area contributed by atoms with E-state index >= 15 is 0 Å². The topological polar surface area (TPSA) is 41.6 Å². The van der Waals surface area contributed by atoms with Crippen molar-refractivity contribution in [3.63, 3.8) is 0 Å². The standard InChI is InChI=1S/C12H26N2O2S/c1-10(2)14(16-5)8-7-13-12(15)6-9-17-11(3)4/h10-11H,6-9H2,1-5H3,(H,13,15). The number of hydrogen-bond acceptors (Lipinski definition) is 4. The molecule has 1 amide bonds. The Bertz CT molecular complexity index is 211. The van der Waals surface area contributed by atoms with Crippen LogP contribution in [0.4, 0.5) is 0 Å². The van der Waals surface area contributed by atoms with Crippen LogP contribution in [0, 0.1) is 0 Å². The quantitative estimate of drug-likeness (QED) is 0.645. The monoisotopic (exact) mass is 262 g/mol. The highest BCUT2D eigenvalue weighted by Crippen LogP contribution is 2.09. The summed E-state index contributed by atoms with van der Waals surface area (Å²) in [6.45, 7) is 9.76. The Hall–Kier alpha value is -0.260. The summed E-state index contributed by atoms with van der Waals surface area (Å²) in [5, 5.41) is 5.34. The molecular formula is C12H26N2O2S. The van der Waals surface area contributed by atoms with Gasteiger partial charge < -0.3 is 10.2 Å². The molecule has 102 valence electrons. The molecule has 0 atom stereocenters. The number of rotatable bonds is 9. The molecule has 1 N–H and O–H groups in total. The average molecular weight is 262 g/mol. The van der Waals surface area contributed by atoms with Crippen LogP contribution in [0.5, 0.6) is 0 Å². The van der Waals surface area contributed by atoms with E-state index in [-0.39, 0.29) is 5.91 Å². The van der Waals surface area contributed by atoms with Crippen LogP contribution in [0.25, 0.3) is 0 Å². The van der Waals surface area contributed by atoms with Crippen molar-refractivity contribution in [1.82, 2.24) is 10.4 Å². The summed E-state index contributed by atoms with van der Waals surface area (Å²) in [4.78, 5) is 16.7. The summed E-state index contributed by atoms with van der Waals surface area (Å²) in [7, 11) is 1.65. The van der Waals surface area contributed by atoms with Crippen LogP contribution in [0.2, 0.25) is 0 Å². The van der Waals surface area contributed by atoms with E-state index < -0.39 is 0 Å². The zero-order valence-electron chi connectivity index (χ0n) is 11.7. The third kappa shape index (κ3) is 9.44. The van der Waals surface area contributed by atoms with Gasteiger partial charge in [0.1, 0.15) is 0 Å². The van der Waals surface area contributed by atoms with Gasteiger partial charge in [-0.15, -0.1) is 0 Å². The van der Waals surface area contributed by atoms with E-state index in [2.05, 4.69) is 33.0 Å². The number of amides is 1. The minimum atomic E-state index is 0.123. The second kappa shape index (κ2) is 9.74. The van der Waals surface area contributed by atoms with Crippen LogP contribution < -0.4 is 5.32 Å². The fourth-order valence-corrected chi connectivity index (χ4v) is 2.12. The number of hydrogen-bond donors (Lipinski definition) is 1. The number of nitrogens with one attached hydrogen (secondary N) is 1. The number of carbonyl (C=O) groups is 1. The molecule has 0 spiro atoms. The molecule has 0 radical (unpaired) electrons. The molecule has 0 aromatic rings. The van der Waals surface area contributed by atoms with E-state index in [1.165, 1.54) is 0 Å². The highest BCUT2D eigenvalue weighted by Gasteiger charge is 2.08. The predicted molar refractivity (Wildman–Crippen MR) is 74.1 cm³/mol. The molecule has 0 aliphatic rings. The first-order valence-corrected chi connectivity index (χ1v) is 7.21. The van der Waals surface area contributed by atoms with Gasteiger partial charge in [0.15, 0.2) is 0 Å². The molecule has 5 heteroatoms. The second-order valence-electron chi connectivity index (χ2n) is 4.44. The molecule has 0 aromatic carbocycles. The zero-order chi connectivity index (χ0) is 13.3. The van der Waals surface area contributed by atoms with Crippen LogP contribution in [-0.4, -0.2) is 48.2 Å². The fraction of sp³-hybridized carbons (Fsp3) is 0.917. The van der Waals surface area contributed by atoms with Gasteiger partial charge in [-0.25, -0.2) is 0 Å². The van der Waals surface area contributed by atoms with Crippen molar-refractivity contribution in [3.8, 4) is 0 Å². The Morgan fingerprint density at radius 2 is 2.00 bits per heavy atom. The van der Waals surface area contributed by atoms with E-state index in [1.54, 1.807) is 7.11 Å². The normalized spacial score (nSPS) is 11.5. The Balaban J connectivity index is 3.56. The summed E-state index contributed by atoms with van der Waals surface area (Å²) < 4.78 is 0. The molecule has 4 nitrogen and oxygen atoms in total. The van der Waals surface area contributed by atoms with Crippen LogP contribution in [0.3, 0.4) is 0 Å². The van der Waals surface area contributed by atoms with Crippen molar-refractivity contribution in [2.45, 2.75) is 45.4 Å². The minimum absolute atomic E-state index is 0.123. The molecule has 0 saturated carbocycles. The van der Waals surface area contributed by atoms with Gasteiger partial charge in [-0.05, 0) is 19.1 Å². The lowest BCUT2D eigenvalue weighted by Gasteiger charge is -2.23. The largest absolute Gasteiger partial charge is 0.355 e. The summed E-state index contributed by atoms with van der Waals surface area (Å²) in [5.41, 5.74) is 0. The first kappa shape index (κ1) is 16.7. The molecule has 0 aliphatic carbocycles. The summed E-state index contributed by atoms with van der Waals surface area (Å²) in [5.74, 6) is 1.01. The van der Waals surface area contributed by atoms with E-state index in [0.717, 1.165) is 12.3 Å². The van der Waals surface area contributed by atoms with Crippen LogP contribution in [0.15, 0.2) is 0 Å². The van der Waals surface area contributed by atoms with Crippen LogP contribution in [0.1, 0.15) is 34.1 Å². The van der Waals surface area contributed by atoms with Gasteiger partial charge in [0.2, 0.25) is 5.91 Å². The van der Waals surface area contributed by atoms with E-state index in [0.29, 0.717) is 24.3 Å². The van der Waals surface area contributed by atoms with Gasteiger partial charge in [0.25, 0.3) is 0 Å². The summed E-state index contributed by atoms with van der Waals surface area (Å²) in [6, 6.07) is 0.327. The number of thioether (sulfide) groups is 1. The van der Waals surface area contributed by atoms with Crippen molar-refractivity contribution in [1.29, 1.82) is 0 Å². The zero-order valence-corrected chi connectivity index (χ0v) is 12.5. The highest BCUT2D eigenvalue weighted by molar-refractivity contribution is 7.99. The highest BCUT2D eigenvalue weighted by atomic mass is 32.2. The van der Waals surface area contributed by atoms with Crippen molar-refractivity contribution in [3.05, 3.63) is 0 Å². The number of nitrogens with zero attached hydrogens (tertiary/aromatic N) is 1. The molecular weight excluding hydrogens is 236 g/mol. The molecule has 0 aromatic heterocycles. The lowest BCUT2D eigenvalue weighted by molar-refractivity contribution is -0.152. The predicted octanol–water partition coefficient (Wildman–Crippen LogP) is 1.91. The van der Waals surface area contributed by atoms with Crippen molar-refractivity contribution >= 4 is 17.7 Å². The summed E-state index contributed by atoms with van der Waals surface area (Å²) in [6.07, 6.45) is 0.595. The SMILES string of the molecule is CON(CCNC(=O)CCSC(C)C)C(C)C. The number of hydroxylamine groups is 2. The Kier molecular flexibility index (Phi) is 9.59. The van der Waals surface area contributed by atoms with Gasteiger partial charge >= 0.3 is 0 Å². The molecule has 0 rings (SSSR count). The Labute approximate surface area is 109 Å². The van der Waals surface area contributed by atoms with E-state index in [4.69, 9.17) is 4.84 Å². The maximum atomic E-state index is 11.5. The molecule has 0 fully saturated rings. The van der Waals surface area contributed by atoms with Gasteiger partial charge in [0.05, 0.1) is 7.11 Å². The minimum Gasteiger partial charge on any atom is -0.355 e. The maximum Gasteiger partial charge on any atom is 0.220 e. The molecule has 0 heterocycles. The van der Waals surface area contributed by atoms with Gasteiger partial charge in [-0.1, -0.05) is 13.8 Å². The third-order valence-corrected chi connectivity index (χ3v) is 3.35. The summed E-state index contributed by atoms with van der Waals surface area (Å²) >= 11 is 1.81. The van der Waals surface area contributed by atoms with Crippen LogP contribution >= 0.6 is 11.8 Å². The van der Waals surface area contributed by atoms with Gasteiger partial charge in [0, 0.05) is 31.3 Å². The molecule has 0 unspecified atom stereocenters. The first-order chi connectivity index (χ1) is 7.97. The average Bonchev–Trinajstić information content (AvgIpc) is 2.23. The third-order valence-electron chi connectivity index (χ3n) is 2.25. The smallest absolute Gasteiger partial charge is 0.220 e.